The molecule has 0 aliphatic carbocycles. The molecule has 1 fully saturated rings. The number of hydrogen-bond donors (Lipinski definition) is 3. The fourth-order valence-electron chi connectivity index (χ4n) is 2.90. The van der Waals surface area contributed by atoms with E-state index in [1.54, 1.807) is 20.8 Å². The summed E-state index contributed by atoms with van der Waals surface area (Å²) in [4.78, 5) is 48.2. The number of carbonyl (C=O) groups is 4. The minimum Gasteiger partial charge on any atom is -0.488 e. The van der Waals surface area contributed by atoms with E-state index < -0.39 is 41.7 Å². The Balaban J connectivity index is 2.24. The Bertz CT molecular complexity index is 830. The monoisotopic (exact) mass is 408 g/mol. The fourth-order valence-corrected chi connectivity index (χ4v) is 2.90. The number of aromatic carboxylic acids is 1. The Kier molecular flexibility index (Phi) is 6.35. The summed E-state index contributed by atoms with van der Waals surface area (Å²) < 4.78 is 11.0. The number of amides is 2. The van der Waals surface area contributed by atoms with E-state index in [4.69, 9.17) is 9.47 Å². The molecule has 29 heavy (non-hydrogen) atoms. The van der Waals surface area contributed by atoms with Crippen molar-refractivity contribution in [2.45, 2.75) is 44.9 Å². The molecule has 0 bridgehead atoms. The standard InChI is InChI=1S/C19H24N2O8/c1-19(2,3)29-18(27)21-9-13(8-14(21)17(25)26)28-12-6-10(15(22)20-4)5-11(7-12)16(23)24/h5-7,13-14H,8-9H2,1-4H3,(H,20,22)(H,23,24)(H,25,26)/t13-,14-/m0/s1. The smallest absolute Gasteiger partial charge is 0.411 e. The van der Waals surface area contributed by atoms with Crippen LogP contribution in [-0.2, 0) is 9.53 Å². The molecule has 0 spiro atoms. The zero-order chi connectivity index (χ0) is 21.9. The van der Waals surface area contributed by atoms with Gasteiger partial charge in [-0.2, -0.15) is 0 Å². The molecule has 1 saturated heterocycles. The Morgan fingerprint density at radius 3 is 2.24 bits per heavy atom. The lowest BCUT2D eigenvalue weighted by Gasteiger charge is -2.26. The van der Waals surface area contributed by atoms with Crippen LogP contribution in [-0.4, -0.2) is 70.4 Å². The van der Waals surface area contributed by atoms with Gasteiger partial charge >= 0.3 is 18.0 Å². The number of hydrogen-bond acceptors (Lipinski definition) is 6. The van der Waals surface area contributed by atoms with Gasteiger partial charge in [-0.25, -0.2) is 14.4 Å². The lowest BCUT2D eigenvalue weighted by atomic mass is 10.1. The molecule has 1 heterocycles. The fraction of sp³-hybridized carbons (Fsp3) is 0.474. The van der Waals surface area contributed by atoms with Crippen LogP contribution in [0.2, 0.25) is 0 Å². The summed E-state index contributed by atoms with van der Waals surface area (Å²) in [5, 5.41) is 21.1. The van der Waals surface area contributed by atoms with Crippen LogP contribution in [0.3, 0.4) is 0 Å². The van der Waals surface area contributed by atoms with Crippen molar-refractivity contribution >= 4 is 23.9 Å². The van der Waals surface area contributed by atoms with Gasteiger partial charge < -0.3 is 25.0 Å². The van der Waals surface area contributed by atoms with Crippen molar-refractivity contribution in [2.24, 2.45) is 0 Å². The Hall–Kier alpha value is -3.30. The molecule has 0 unspecified atom stereocenters. The predicted octanol–water partition coefficient (Wildman–Crippen LogP) is 1.59. The predicted molar refractivity (Wildman–Crippen MR) is 100 cm³/mol. The third-order valence-corrected chi connectivity index (χ3v) is 4.12. The molecule has 158 valence electrons. The first-order valence-electron chi connectivity index (χ1n) is 8.91. The van der Waals surface area contributed by atoms with Gasteiger partial charge in [0.25, 0.3) is 5.91 Å². The lowest BCUT2D eigenvalue weighted by Crippen LogP contribution is -2.43. The van der Waals surface area contributed by atoms with Crippen molar-refractivity contribution in [3.8, 4) is 5.75 Å². The summed E-state index contributed by atoms with van der Waals surface area (Å²) in [5.41, 5.74) is -0.866. The number of benzene rings is 1. The van der Waals surface area contributed by atoms with Gasteiger partial charge in [-0.15, -0.1) is 0 Å². The zero-order valence-electron chi connectivity index (χ0n) is 16.6. The number of nitrogens with one attached hydrogen (secondary N) is 1. The van der Waals surface area contributed by atoms with Crippen molar-refractivity contribution in [1.29, 1.82) is 0 Å². The summed E-state index contributed by atoms with van der Waals surface area (Å²) in [5.74, 6) is -2.86. The van der Waals surface area contributed by atoms with Crippen LogP contribution in [0.5, 0.6) is 5.75 Å². The molecule has 10 heteroatoms. The second-order valence-corrected chi connectivity index (χ2v) is 7.59. The average molecular weight is 408 g/mol. The van der Waals surface area contributed by atoms with Crippen LogP contribution in [0.15, 0.2) is 18.2 Å². The van der Waals surface area contributed by atoms with Gasteiger partial charge in [0.1, 0.15) is 23.5 Å². The number of carboxylic acids is 2. The summed E-state index contributed by atoms with van der Waals surface area (Å²) >= 11 is 0. The quantitative estimate of drug-likeness (QED) is 0.667. The van der Waals surface area contributed by atoms with Gasteiger partial charge in [-0.3, -0.25) is 9.69 Å². The molecule has 1 aliphatic heterocycles. The van der Waals surface area contributed by atoms with Crippen LogP contribution in [0.4, 0.5) is 4.79 Å². The normalized spacial score (nSPS) is 18.8. The van der Waals surface area contributed by atoms with Crippen LogP contribution in [0.25, 0.3) is 0 Å². The Morgan fingerprint density at radius 1 is 1.10 bits per heavy atom. The first-order valence-corrected chi connectivity index (χ1v) is 8.91. The van der Waals surface area contributed by atoms with E-state index in [0.717, 1.165) is 4.90 Å². The Morgan fingerprint density at radius 2 is 1.72 bits per heavy atom. The molecule has 2 amide bonds. The first-order chi connectivity index (χ1) is 13.4. The van der Waals surface area contributed by atoms with Gasteiger partial charge in [0.15, 0.2) is 0 Å². The van der Waals surface area contributed by atoms with Gasteiger partial charge in [-0.1, -0.05) is 0 Å². The van der Waals surface area contributed by atoms with E-state index in [1.807, 2.05) is 0 Å². The van der Waals surface area contributed by atoms with E-state index in [-0.39, 0.29) is 29.8 Å². The van der Waals surface area contributed by atoms with Crippen LogP contribution in [0.1, 0.15) is 47.9 Å². The number of aliphatic carboxylic acids is 1. The SMILES string of the molecule is CNC(=O)c1cc(O[C@H]2C[C@@H](C(=O)O)N(C(=O)OC(C)(C)C)C2)cc(C(=O)O)c1. The molecular weight excluding hydrogens is 384 g/mol. The number of nitrogens with zero attached hydrogens (tertiary/aromatic N) is 1. The molecule has 10 nitrogen and oxygen atoms in total. The summed E-state index contributed by atoms with van der Waals surface area (Å²) in [6.45, 7) is 4.95. The summed E-state index contributed by atoms with van der Waals surface area (Å²) in [6, 6.07) is 2.66. The molecule has 3 N–H and O–H groups in total. The maximum absolute atomic E-state index is 12.4. The molecule has 1 aromatic rings. The molecule has 2 rings (SSSR count). The molecule has 0 saturated carbocycles. The molecule has 0 aromatic heterocycles. The van der Waals surface area contributed by atoms with Crippen molar-refractivity contribution in [2.75, 3.05) is 13.6 Å². The van der Waals surface area contributed by atoms with Crippen molar-refractivity contribution in [1.82, 2.24) is 10.2 Å². The molecule has 0 radical (unpaired) electrons. The van der Waals surface area contributed by atoms with E-state index in [0.29, 0.717) is 0 Å². The second kappa shape index (κ2) is 8.38. The number of rotatable bonds is 5. The molecule has 1 aliphatic rings. The Labute approximate surface area is 167 Å². The van der Waals surface area contributed by atoms with Crippen LogP contribution < -0.4 is 10.1 Å². The zero-order valence-corrected chi connectivity index (χ0v) is 16.6. The number of carbonyl (C=O) groups excluding carboxylic acids is 2. The largest absolute Gasteiger partial charge is 0.488 e. The van der Waals surface area contributed by atoms with E-state index in [9.17, 15) is 29.4 Å². The topological polar surface area (TPSA) is 142 Å². The minimum absolute atomic E-state index is 0.0127. The number of likely N-dealkylation sites (tertiary alicyclic amines) is 1. The van der Waals surface area contributed by atoms with E-state index >= 15 is 0 Å². The van der Waals surface area contributed by atoms with Crippen molar-refractivity contribution in [3.05, 3.63) is 29.3 Å². The van der Waals surface area contributed by atoms with Crippen LogP contribution in [0, 0.1) is 0 Å². The van der Waals surface area contributed by atoms with Gasteiger partial charge in [0.05, 0.1) is 12.1 Å². The van der Waals surface area contributed by atoms with Gasteiger partial charge in [0, 0.05) is 19.0 Å². The third kappa shape index (κ3) is 5.59. The molecule has 1 aromatic carbocycles. The third-order valence-electron chi connectivity index (χ3n) is 4.12. The highest BCUT2D eigenvalue weighted by Crippen LogP contribution is 2.27. The highest BCUT2D eigenvalue weighted by molar-refractivity contribution is 5.98. The van der Waals surface area contributed by atoms with E-state index in [2.05, 4.69) is 5.32 Å². The van der Waals surface area contributed by atoms with Gasteiger partial charge in [-0.05, 0) is 39.0 Å². The molecular formula is C19H24N2O8. The lowest BCUT2D eigenvalue weighted by molar-refractivity contribution is -0.142. The van der Waals surface area contributed by atoms with Gasteiger partial charge in [0.2, 0.25) is 0 Å². The first kappa shape index (κ1) is 22.0. The summed E-state index contributed by atoms with van der Waals surface area (Å²) in [7, 11) is 1.41. The van der Waals surface area contributed by atoms with Crippen molar-refractivity contribution in [3.63, 3.8) is 0 Å². The maximum Gasteiger partial charge on any atom is 0.411 e. The second-order valence-electron chi connectivity index (χ2n) is 7.59. The van der Waals surface area contributed by atoms with E-state index in [1.165, 1.54) is 25.2 Å². The van der Waals surface area contributed by atoms with Crippen LogP contribution >= 0.6 is 0 Å². The number of ether oxygens (including phenoxy) is 2. The number of carboxylic acid groups (broad SMARTS) is 2. The minimum atomic E-state index is -1.24. The highest BCUT2D eigenvalue weighted by Gasteiger charge is 2.42. The molecule has 2 atom stereocenters. The maximum atomic E-state index is 12.4. The summed E-state index contributed by atoms with van der Waals surface area (Å²) in [6.07, 6.45) is -1.51. The average Bonchev–Trinajstić information content (AvgIpc) is 3.03. The highest BCUT2D eigenvalue weighted by atomic mass is 16.6. The van der Waals surface area contributed by atoms with Crippen molar-refractivity contribution < 1.29 is 38.9 Å².